The first-order valence-electron chi connectivity index (χ1n) is 10.6. The van der Waals surface area contributed by atoms with Crippen LogP contribution in [0.1, 0.15) is 99.2 Å². The summed E-state index contributed by atoms with van der Waals surface area (Å²) in [5.74, 6) is 0.442. The summed E-state index contributed by atoms with van der Waals surface area (Å²) in [4.78, 5) is 15.6. The van der Waals surface area contributed by atoms with E-state index in [1.165, 1.54) is 74.4 Å². The third kappa shape index (κ3) is 4.31. The summed E-state index contributed by atoms with van der Waals surface area (Å²) in [6.07, 6.45) is 13.1. The van der Waals surface area contributed by atoms with Gasteiger partial charge in [0.1, 0.15) is 0 Å². The summed E-state index contributed by atoms with van der Waals surface area (Å²) >= 11 is 0. The predicted octanol–water partition coefficient (Wildman–Crippen LogP) is 6.52. The number of H-pyrrole nitrogens is 1. The first kappa shape index (κ1) is 19.0. The Kier molecular flexibility index (Phi) is 6.76. The highest BCUT2D eigenvalue weighted by molar-refractivity contribution is 5.96. The van der Waals surface area contributed by atoms with Crippen molar-refractivity contribution >= 4 is 16.9 Å². The SMILES string of the molecule is CCCCCCCCC1CCCc2[nH]c3cc(C(=O)OCC)ccc3c21. The molecule has 26 heavy (non-hydrogen) atoms. The summed E-state index contributed by atoms with van der Waals surface area (Å²) in [5, 5.41) is 1.31. The van der Waals surface area contributed by atoms with Gasteiger partial charge in [-0.2, -0.15) is 0 Å². The number of hydrogen-bond donors (Lipinski definition) is 1. The van der Waals surface area contributed by atoms with Gasteiger partial charge in [-0.1, -0.05) is 51.5 Å². The highest BCUT2D eigenvalue weighted by atomic mass is 16.5. The molecule has 1 N–H and O–H groups in total. The van der Waals surface area contributed by atoms with Crippen molar-refractivity contribution in [3.63, 3.8) is 0 Å². The van der Waals surface area contributed by atoms with Gasteiger partial charge < -0.3 is 9.72 Å². The Labute approximate surface area is 157 Å². The molecule has 2 aromatic rings. The minimum atomic E-state index is -0.231. The summed E-state index contributed by atoms with van der Waals surface area (Å²) in [7, 11) is 0. The lowest BCUT2D eigenvalue weighted by Gasteiger charge is -2.23. The van der Waals surface area contributed by atoms with E-state index in [0.717, 1.165) is 11.9 Å². The molecule has 3 nitrogen and oxygen atoms in total. The second kappa shape index (κ2) is 9.25. The van der Waals surface area contributed by atoms with Crippen molar-refractivity contribution in [1.82, 2.24) is 4.98 Å². The van der Waals surface area contributed by atoms with E-state index in [0.29, 0.717) is 18.1 Å². The van der Waals surface area contributed by atoms with Crippen LogP contribution in [0.3, 0.4) is 0 Å². The molecule has 1 unspecified atom stereocenters. The van der Waals surface area contributed by atoms with Gasteiger partial charge >= 0.3 is 5.97 Å². The molecule has 3 heteroatoms. The first-order valence-corrected chi connectivity index (χ1v) is 10.6. The topological polar surface area (TPSA) is 42.1 Å². The van der Waals surface area contributed by atoms with Crippen LogP contribution >= 0.6 is 0 Å². The lowest BCUT2D eigenvalue weighted by Crippen LogP contribution is -2.08. The van der Waals surface area contributed by atoms with Crippen LogP contribution in [0.2, 0.25) is 0 Å². The van der Waals surface area contributed by atoms with Crippen LogP contribution in [0.15, 0.2) is 18.2 Å². The van der Waals surface area contributed by atoms with Crippen LogP contribution in [0, 0.1) is 0 Å². The molecule has 1 aliphatic rings. The fourth-order valence-electron chi connectivity index (χ4n) is 4.41. The van der Waals surface area contributed by atoms with Gasteiger partial charge in [0, 0.05) is 16.6 Å². The zero-order chi connectivity index (χ0) is 18.4. The van der Waals surface area contributed by atoms with Gasteiger partial charge in [0.05, 0.1) is 12.2 Å². The van der Waals surface area contributed by atoms with Crippen LogP contribution in [-0.4, -0.2) is 17.6 Å². The zero-order valence-corrected chi connectivity index (χ0v) is 16.4. The quantitative estimate of drug-likeness (QED) is 0.411. The smallest absolute Gasteiger partial charge is 0.338 e. The van der Waals surface area contributed by atoms with E-state index >= 15 is 0 Å². The fraction of sp³-hybridized carbons (Fsp3) is 0.609. The average Bonchev–Trinajstić information content (AvgIpc) is 3.03. The zero-order valence-electron chi connectivity index (χ0n) is 16.4. The van der Waals surface area contributed by atoms with Crippen LogP contribution in [-0.2, 0) is 11.2 Å². The Morgan fingerprint density at radius 2 is 1.96 bits per heavy atom. The van der Waals surface area contributed by atoms with Crippen molar-refractivity contribution in [2.24, 2.45) is 0 Å². The van der Waals surface area contributed by atoms with E-state index in [4.69, 9.17) is 4.74 Å². The van der Waals surface area contributed by atoms with Gasteiger partial charge in [0.25, 0.3) is 0 Å². The number of carbonyl (C=O) groups excluding carboxylic acids is 1. The maximum Gasteiger partial charge on any atom is 0.338 e. The second-order valence-corrected chi connectivity index (χ2v) is 7.64. The average molecular weight is 356 g/mol. The number of aryl methyl sites for hydroxylation is 1. The lowest BCUT2D eigenvalue weighted by atomic mass is 9.82. The normalized spacial score (nSPS) is 16.6. The highest BCUT2D eigenvalue weighted by Gasteiger charge is 2.24. The molecular weight excluding hydrogens is 322 g/mol. The number of esters is 1. The maximum absolute atomic E-state index is 12.0. The number of nitrogens with one attached hydrogen (secondary N) is 1. The molecule has 0 radical (unpaired) electrons. The molecule has 1 aromatic heterocycles. The number of ether oxygens (including phenoxy) is 1. The number of benzene rings is 1. The van der Waals surface area contributed by atoms with Gasteiger partial charge in [0.2, 0.25) is 0 Å². The molecule has 0 saturated heterocycles. The molecule has 0 aliphatic heterocycles. The lowest BCUT2D eigenvalue weighted by molar-refractivity contribution is 0.0526. The molecule has 0 saturated carbocycles. The Bertz CT molecular complexity index is 731. The van der Waals surface area contributed by atoms with Gasteiger partial charge in [-0.25, -0.2) is 4.79 Å². The van der Waals surface area contributed by atoms with Gasteiger partial charge in [-0.3, -0.25) is 0 Å². The number of hydrogen-bond acceptors (Lipinski definition) is 2. The Hall–Kier alpha value is -1.77. The molecule has 0 spiro atoms. The highest BCUT2D eigenvalue weighted by Crippen LogP contribution is 2.40. The Morgan fingerprint density at radius 3 is 2.77 bits per heavy atom. The molecule has 1 atom stereocenters. The van der Waals surface area contributed by atoms with Gasteiger partial charge in [-0.15, -0.1) is 0 Å². The molecule has 0 fully saturated rings. The minimum Gasteiger partial charge on any atom is -0.462 e. The van der Waals surface area contributed by atoms with Crippen molar-refractivity contribution in [3.8, 4) is 0 Å². The van der Waals surface area contributed by atoms with E-state index in [-0.39, 0.29) is 5.97 Å². The molecule has 3 rings (SSSR count). The van der Waals surface area contributed by atoms with Crippen LogP contribution in [0.4, 0.5) is 0 Å². The van der Waals surface area contributed by atoms with E-state index in [9.17, 15) is 4.79 Å². The van der Waals surface area contributed by atoms with Crippen molar-refractivity contribution in [3.05, 3.63) is 35.0 Å². The second-order valence-electron chi connectivity index (χ2n) is 7.64. The summed E-state index contributed by atoms with van der Waals surface area (Å²) in [6.45, 7) is 4.53. The van der Waals surface area contributed by atoms with Crippen molar-refractivity contribution in [2.75, 3.05) is 6.61 Å². The summed E-state index contributed by atoms with van der Waals surface area (Å²) in [6, 6.07) is 6.01. The molecule has 1 aliphatic carbocycles. The minimum absolute atomic E-state index is 0.231. The van der Waals surface area contributed by atoms with Crippen LogP contribution in [0.5, 0.6) is 0 Å². The molecule has 142 valence electrons. The maximum atomic E-state index is 12.0. The largest absolute Gasteiger partial charge is 0.462 e. The number of unbranched alkanes of at least 4 members (excludes halogenated alkanes) is 5. The Balaban J connectivity index is 1.71. The molecule has 0 bridgehead atoms. The molecular formula is C23H33NO2. The van der Waals surface area contributed by atoms with Gasteiger partial charge in [0.15, 0.2) is 0 Å². The first-order chi connectivity index (χ1) is 12.7. The van der Waals surface area contributed by atoms with Crippen molar-refractivity contribution in [2.45, 2.75) is 84.0 Å². The number of aromatic nitrogens is 1. The number of aromatic amines is 1. The fourth-order valence-corrected chi connectivity index (χ4v) is 4.41. The summed E-state index contributed by atoms with van der Waals surface area (Å²) in [5.41, 5.74) is 4.65. The van der Waals surface area contributed by atoms with E-state index in [1.54, 1.807) is 0 Å². The predicted molar refractivity (Wildman–Crippen MR) is 108 cm³/mol. The molecule has 1 heterocycles. The van der Waals surface area contributed by atoms with E-state index in [2.05, 4.69) is 18.0 Å². The van der Waals surface area contributed by atoms with Crippen molar-refractivity contribution in [1.29, 1.82) is 0 Å². The number of carbonyl (C=O) groups is 1. The van der Waals surface area contributed by atoms with Crippen LogP contribution < -0.4 is 0 Å². The standard InChI is InChI=1S/C23H33NO2/c1-3-5-6-7-8-9-11-17-12-10-13-20-22(17)19-15-14-18(16-21(19)24-20)23(25)26-4-2/h14-17,24H,3-13H2,1-2H3. The van der Waals surface area contributed by atoms with Gasteiger partial charge in [-0.05, 0) is 56.2 Å². The molecule has 1 aromatic carbocycles. The Morgan fingerprint density at radius 1 is 1.15 bits per heavy atom. The van der Waals surface area contributed by atoms with E-state index < -0.39 is 0 Å². The monoisotopic (exact) mass is 355 g/mol. The number of fused-ring (bicyclic) bond motifs is 3. The van der Waals surface area contributed by atoms with E-state index in [1.807, 2.05) is 19.1 Å². The third-order valence-electron chi connectivity index (χ3n) is 5.73. The summed E-state index contributed by atoms with van der Waals surface area (Å²) < 4.78 is 5.14. The number of rotatable bonds is 9. The molecule has 0 amide bonds. The van der Waals surface area contributed by atoms with Crippen molar-refractivity contribution < 1.29 is 9.53 Å². The third-order valence-corrected chi connectivity index (χ3v) is 5.73. The van der Waals surface area contributed by atoms with Crippen LogP contribution in [0.25, 0.3) is 10.9 Å².